The molecule has 1 aromatic carbocycles. The van der Waals surface area contributed by atoms with Gasteiger partial charge in [-0.15, -0.1) is 0 Å². The van der Waals surface area contributed by atoms with Crippen LogP contribution in [-0.4, -0.2) is 29.2 Å². The van der Waals surface area contributed by atoms with Crippen molar-refractivity contribution < 1.29 is 9.53 Å². The molecule has 1 aliphatic rings. The van der Waals surface area contributed by atoms with Crippen molar-refractivity contribution >= 4 is 11.8 Å². The summed E-state index contributed by atoms with van der Waals surface area (Å²) in [7, 11) is 0. The SMILES string of the molecule is CCN(Cc1cccc(NC(C)C2CC2)c1)C(=O)OC(C)(C)C. The monoisotopic (exact) mass is 318 g/mol. The van der Waals surface area contributed by atoms with E-state index in [1.165, 1.54) is 12.8 Å². The number of hydrogen-bond acceptors (Lipinski definition) is 3. The molecule has 4 heteroatoms. The van der Waals surface area contributed by atoms with Crippen molar-refractivity contribution in [3.8, 4) is 0 Å². The first-order valence-corrected chi connectivity index (χ1v) is 8.62. The largest absolute Gasteiger partial charge is 0.444 e. The number of amides is 1. The fourth-order valence-corrected chi connectivity index (χ4v) is 2.59. The molecule has 0 saturated heterocycles. The summed E-state index contributed by atoms with van der Waals surface area (Å²) in [5.74, 6) is 0.813. The Hall–Kier alpha value is -1.71. The maximum atomic E-state index is 12.2. The number of carbonyl (C=O) groups excluding carboxylic acids is 1. The Labute approximate surface area is 140 Å². The van der Waals surface area contributed by atoms with E-state index in [9.17, 15) is 4.79 Å². The maximum Gasteiger partial charge on any atom is 0.410 e. The highest BCUT2D eigenvalue weighted by atomic mass is 16.6. The third kappa shape index (κ3) is 5.77. The lowest BCUT2D eigenvalue weighted by Crippen LogP contribution is -2.36. The van der Waals surface area contributed by atoms with E-state index in [-0.39, 0.29) is 6.09 Å². The number of anilines is 1. The second-order valence-electron chi connectivity index (χ2n) is 7.47. The normalized spacial score (nSPS) is 15.9. The van der Waals surface area contributed by atoms with Gasteiger partial charge in [-0.05, 0) is 71.1 Å². The highest BCUT2D eigenvalue weighted by Crippen LogP contribution is 2.34. The number of hydrogen-bond donors (Lipinski definition) is 1. The molecule has 0 spiro atoms. The predicted octanol–water partition coefficient (Wildman–Crippen LogP) is 4.65. The molecule has 23 heavy (non-hydrogen) atoms. The molecule has 0 aliphatic heterocycles. The van der Waals surface area contributed by atoms with E-state index >= 15 is 0 Å². The topological polar surface area (TPSA) is 41.6 Å². The molecule has 0 aromatic heterocycles. The highest BCUT2D eigenvalue weighted by molar-refractivity contribution is 5.68. The number of nitrogens with zero attached hydrogens (tertiary/aromatic N) is 1. The second kappa shape index (κ2) is 7.24. The van der Waals surface area contributed by atoms with Crippen LogP contribution >= 0.6 is 0 Å². The molecule has 0 bridgehead atoms. The zero-order chi connectivity index (χ0) is 17.0. The van der Waals surface area contributed by atoms with Crippen molar-refractivity contribution in [2.45, 2.75) is 65.6 Å². The van der Waals surface area contributed by atoms with Gasteiger partial charge in [-0.25, -0.2) is 4.79 Å². The van der Waals surface area contributed by atoms with E-state index in [0.29, 0.717) is 19.1 Å². The predicted molar refractivity (Wildman–Crippen MR) is 94.6 cm³/mol. The van der Waals surface area contributed by atoms with Gasteiger partial charge < -0.3 is 15.0 Å². The lowest BCUT2D eigenvalue weighted by atomic mass is 10.1. The molecule has 1 aromatic rings. The van der Waals surface area contributed by atoms with Crippen LogP contribution in [0.15, 0.2) is 24.3 Å². The summed E-state index contributed by atoms with van der Waals surface area (Å²) in [6.07, 6.45) is 2.40. The van der Waals surface area contributed by atoms with Crippen LogP contribution in [0.2, 0.25) is 0 Å². The van der Waals surface area contributed by atoms with Gasteiger partial charge in [0.1, 0.15) is 5.60 Å². The first kappa shape index (κ1) is 17.6. The Morgan fingerprint density at radius 3 is 2.65 bits per heavy atom. The number of nitrogens with one attached hydrogen (secondary N) is 1. The number of carbonyl (C=O) groups is 1. The Bertz CT molecular complexity index is 532. The average molecular weight is 318 g/mol. The van der Waals surface area contributed by atoms with Crippen LogP contribution in [0.5, 0.6) is 0 Å². The third-order valence-electron chi connectivity index (χ3n) is 4.06. The smallest absolute Gasteiger partial charge is 0.410 e. The average Bonchev–Trinajstić information content (AvgIpc) is 3.27. The zero-order valence-electron chi connectivity index (χ0n) is 15.1. The molecule has 4 nitrogen and oxygen atoms in total. The van der Waals surface area contributed by atoms with Crippen molar-refractivity contribution in [3.05, 3.63) is 29.8 Å². The van der Waals surface area contributed by atoms with Gasteiger partial charge in [-0.2, -0.15) is 0 Å². The van der Waals surface area contributed by atoms with E-state index in [1.54, 1.807) is 4.90 Å². The first-order chi connectivity index (χ1) is 10.8. The number of ether oxygens (including phenoxy) is 1. The summed E-state index contributed by atoms with van der Waals surface area (Å²) in [4.78, 5) is 14.0. The lowest BCUT2D eigenvalue weighted by Gasteiger charge is -2.26. The zero-order valence-corrected chi connectivity index (χ0v) is 15.1. The molecule has 0 radical (unpaired) electrons. The van der Waals surface area contributed by atoms with Gasteiger partial charge in [-0.1, -0.05) is 12.1 Å². The molecule has 1 N–H and O–H groups in total. The summed E-state index contributed by atoms with van der Waals surface area (Å²) in [6.45, 7) is 11.1. The van der Waals surface area contributed by atoms with Crippen LogP contribution in [-0.2, 0) is 11.3 Å². The summed E-state index contributed by atoms with van der Waals surface area (Å²) >= 11 is 0. The fourth-order valence-electron chi connectivity index (χ4n) is 2.59. The molecule has 1 atom stereocenters. The van der Waals surface area contributed by atoms with Crippen molar-refractivity contribution in [2.24, 2.45) is 5.92 Å². The molecule has 1 unspecified atom stereocenters. The second-order valence-corrected chi connectivity index (χ2v) is 7.47. The lowest BCUT2D eigenvalue weighted by molar-refractivity contribution is 0.0244. The Kier molecular flexibility index (Phi) is 5.55. The Morgan fingerprint density at radius 1 is 1.39 bits per heavy atom. The summed E-state index contributed by atoms with van der Waals surface area (Å²) in [5.41, 5.74) is 1.78. The van der Waals surface area contributed by atoms with Crippen LogP contribution in [0.4, 0.5) is 10.5 Å². The van der Waals surface area contributed by atoms with Gasteiger partial charge in [0, 0.05) is 24.8 Å². The van der Waals surface area contributed by atoms with Crippen molar-refractivity contribution in [3.63, 3.8) is 0 Å². The molecule has 2 rings (SSSR count). The minimum Gasteiger partial charge on any atom is -0.444 e. The molecule has 128 valence electrons. The van der Waals surface area contributed by atoms with Crippen LogP contribution in [0.1, 0.15) is 53.0 Å². The van der Waals surface area contributed by atoms with Gasteiger partial charge in [0.05, 0.1) is 0 Å². The van der Waals surface area contributed by atoms with E-state index in [2.05, 4.69) is 30.4 Å². The van der Waals surface area contributed by atoms with E-state index < -0.39 is 5.60 Å². The molecule has 1 aliphatic carbocycles. The van der Waals surface area contributed by atoms with E-state index in [1.807, 2.05) is 33.8 Å². The summed E-state index contributed by atoms with van der Waals surface area (Å²) < 4.78 is 5.47. The summed E-state index contributed by atoms with van der Waals surface area (Å²) in [6, 6.07) is 8.83. The van der Waals surface area contributed by atoms with Crippen molar-refractivity contribution in [2.75, 3.05) is 11.9 Å². The quantitative estimate of drug-likeness (QED) is 0.830. The minimum atomic E-state index is -0.465. The summed E-state index contributed by atoms with van der Waals surface area (Å²) in [5, 5.41) is 3.57. The van der Waals surface area contributed by atoms with Gasteiger partial charge in [0.25, 0.3) is 0 Å². The maximum absolute atomic E-state index is 12.2. The molecule has 1 saturated carbocycles. The number of benzene rings is 1. The Balaban J connectivity index is 1.98. The third-order valence-corrected chi connectivity index (χ3v) is 4.06. The minimum absolute atomic E-state index is 0.260. The van der Waals surface area contributed by atoms with Gasteiger partial charge in [0.15, 0.2) is 0 Å². The van der Waals surface area contributed by atoms with E-state index in [4.69, 9.17) is 4.74 Å². The first-order valence-electron chi connectivity index (χ1n) is 8.62. The van der Waals surface area contributed by atoms with Gasteiger partial charge in [-0.3, -0.25) is 0 Å². The van der Waals surface area contributed by atoms with Gasteiger partial charge >= 0.3 is 6.09 Å². The Morgan fingerprint density at radius 2 is 2.09 bits per heavy atom. The number of rotatable bonds is 6. The highest BCUT2D eigenvalue weighted by Gasteiger charge is 2.27. The van der Waals surface area contributed by atoms with Crippen molar-refractivity contribution in [1.82, 2.24) is 4.90 Å². The molecular weight excluding hydrogens is 288 g/mol. The van der Waals surface area contributed by atoms with Crippen LogP contribution < -0.4 is 5.32 Å². The molecule has 0 heterocycles. The van der Waals surface area contributed by atoms with Crippen LogP contribution in [0, 0.1) is 5.92 Å². The van der Waals surface area contributed by atoms with E-state index in [0.717, 1.165) is 17.2 Å². The van der Waals surface area contributed by atoms with Crippen LogP contribution in [0.3, 0.4) is 0 Å². The standard InChI is InChI=1S/C19H30N2O2/c1-6-21(18(22)23-19(3,4)5)13-15-8-7-9-17(12-15)20-14(2)16-10-11-16/h7-9,12,14,16,20H,6,10-11,13H2,1-5H3. The van der Waals surface area contributed by atoms with Crippen molar-refractivity contribution in [1.29, 1.82) is 0 Å². The fraction of sp³-hybridized carbons (Fsp3) is 0.632. The van der Waals surface area contributed by atoms with Crippen LogP contribution in [0.25, 0.3) is 0 Å². The molecule has 1 amide bonds. The molecular formula is C19H30N2O2. The molecule has 1 fully saturated rings. The van der Waals surface area contributed by atoms with Gasteiger partial charge in [0.2, 0.25) is 0 Å².